The highest BCUT2D eigenvalue weighted by Gasteiger charge is 2.18. The first-order valence-electron chi connectivity index (χ1n) is 8.71. The second-order valence-electron chi connectivity index (χ2n) is 6.01. The summed E-state index contributed by atoms with van der Waals surface area (Å²) < 4.78 is 1.75. The first kappa shape index (κ1) is 18.3. The molecule has 1 heterocycles. The van der Waals surface area contributed by atoms with Gasteiger partial charge in [0, 0.05) is 25.6 Å². The summed E-state index contributed by atoms with van der Waals surface area (Å²) in [4.78, 5) is 23.2. The van der Waals surface area contributed by atoms with Crippen molar-refractivity contribution in [2.24, 2.45) is 0 Å². The molecule has 0 saturated heterocycles. The van der Waals surface area contributed by atoms with Gasteiger partial charge < -0.3 is 10.6 Å². The van der Waals surface area contributed by atoms with Crippen LogP contribution < -0.4 is 10.6 Å². The van der Waals surface area contributed by atoms with Gasteiger partial charge in [0.15, 0.2) is 0 Å². The summed E-state index contributed by atoms with van der Waals surface area (Å²) in [5.74, 6) is -0.293. The summed E-state index contributed by atoms with van der Waals surface area (Å²) in [5.41, 5.74) is 3.20. The Morgan fingerprint density at radius 2 is 1.56 bits per heavy atom. The number of nitrogens with zero attached hydrogens (tertiary/aromatic N) is 3. The van der Waals surface area contributed by atoms with E-state index < -0.39 is 0 Å². The molecule has 1 aromatic heterocycles. The van der Waals surface area contributed by atoms with Crippen LogP contribution in [-0.4, -0.2) is 39.9 Å². The van der Waals surface area contributed by atoms with E-state index in [1.165, 1.54) is 6.92 Å². The molecule has 0 spiro atoms. The summed E-state index contributed by atoms with van der Waals surface area (Å²) >= 11 is 0. The van der Waals surface area contributed by atoms with Gasteiger partial charge >= 0.3 is 0 Å². The lowest BCUT2D eigenvalue weighted by atomic mass is 10.1. The summed E-state index contributed by atoms with van der Waals surface area (Å²) in [5, 5.41) is 13.9. The third-order valence-corrected chi connectivity index (χ3v) is 3.94. The van der Waals surface area contributed by atoms with Gasteiger partial charge in [0.2, 0.25) is 11.8 Å². The summed E-state index contributed by atoms with van der Waals surface area (Å²) in [6.07, 6.45) is 0.108. The lowest BCUT2D eigenvalue weighted by Crippen LogP contribution is -2.34. The van der Waals surface area contributed by atoms with E-state index in [0.717, 1.165) is 16.9 Å². The summed E-state index contributed by atoms with van der Waals surface area (Å²) in [6, 6.07) is 19.4. The third kappa shape index (κ3) is 4.78. The topological polar surface area (TPSA) is 88.9 Å². The zero-order chi connectivity index (χ0) is 19.1. The molecule has 3 rings (SSSR count). The number of carbonyl (C=O) groups excluding carboxylic acids is 2. The van der Waals surface area contributed by atoms with Gasteiger partial charge in [-0.25, -0.2) is 4.68 Å². The molecule has 0 atom stereocenters. The number of hydrogen-bond acceptors (Lipinski definition) is 4. The lowest BCUT2D eigenvalue weighted by molar-refractivity contribution is -0.121. The average molecular weight is 363 g/mol. The molecule has 3 aromatic rings. The van der Waals surface area contributed by atoms with E-state index in [9.17, 15) is 9.59 Å². The first-order chi connectivity index (χ1) is 13.1. The Kier molecular flexibility index (Phi) is 5.94. The molecule has 0 radical (unpaired) electrons. The van der Waals surface area contributed by atoms with Gasteiger partial charge in [-0.1, -0.05) is 53.7 Å². The number of carbonyl (C=O) groups is 2. The zero-order valence-corrected chi connectivity index (χ0v) is 15.1. The summed E-state index contributed by atoms with van der Waals surface area (Å²) in [7, 11) is 0. The minimum absolute atomic E-state index is 0.108. The van der Waals surface area contributed by atoms with E-state index in [-0.39, 0.29) is 18.2 Å². The van der Waals surface area contributed by atoms with Crippen molar-refractivity contribution in [1.29, 1.82) is 0 Å². The molecule has 0 aliphatic heterocycles. The number of rotatable bonds is 7. The highest BCUT2D eigenvalue weighted by Crippen LogP contribution is 2.25. The second-order valence-corrected chi connectivity index (χ2v) is 6.01. The van der Waals surface area contributed by atoms with Gasteiger partial charge in [-0.15, -0.1) is 5.10 Å². The number of aromatic nitrogens is 3. The van der Waals surface area contributed by atoms with Crippen molar-refractivity contribution in [3.05, 3.63) is 66.4 Å². The molecular weight excluding hydrogens is 342 g/mol. The SMILES string of the molecule is CC(=O)NCCNC(=O)Cc1nnn(-c2ccccc2)c1-c1ccccc1. The van der Waals surface area contributed by atoms with Crippen molar-refractivity contribution < 1.29 is 9.59 Å². The number of benzene rings is 2. The van der Waals surface area contributed by atoms with Gasteiger partial charge in [0.25, 0.3) is 0 Å². The predicted octanol–water partition coefficient (Wildman–Crippen LogP) is 1.73. The molecule has 0 fully saturated rings. The predicted molar refractivity (Wildman–Crippen MR) is 102 cm³/mol. The molecule has 0 aliphatic rings. The van der Waals surface area contributed by atoms with Gasteiger partial charge in [0.05, 0.1) is 17.8 Å². The van der Waals surface area contributed by atoms with E-state index in [0.29, 0.717) is 18.8 Å². The highest BCUT2D eigenvalue weighted by molar-refractivity contribution is 5.80. The number of para-hydroxylation sites is 1. The third-order valence-electron chi connectivity index (χ3n) is 3.94. The van der Waals surface area contributed by atoms with Crippen molar-refractivity contribution in [2.45, 2.75) is 13.3 Å². The lowest BCUT2D eigenvalue weighted by Gasteiger charge is -2.09. The molecular formula is C20H21N5O2. The van der Waals surface area contributed by atoms with E-state index >= 15 is 0 Å². The van der Waals surface area contributed by atoms with Gasteiger partial charge in [-0.3, -0.25) is 9.59 Å². The van der Waals surface area contributed by atoms with Crippen LogP contribution >= 0.6 is 0 Å². The Bertz CT molecular complexity index is 907. The molecule has 0 unspecified atom stereocenters. The van der Waals surface area contributed by atoms with Gasteiger partial charge in [-0.05, 0) is 12.1 Å². The van der Waals surface area contributed by atoms with E-state index in [4.69, 9.17) is 0 Å². The molecule has 2 N–H and O–H groups in total. The fourth-order valence-corrected chi connectivity index (χ4v) is 2.72. The summed E-state index contributed by atoms with van der Waals surface area (Å²) in [6.45, 7) is 2.20. The fourth-order valence-electron chi connectivity index (χ4n) is 2.72. The molecule has 0 aliphatic carbocycles. The van der Waals surface area contributed by atoms with Crippen LogP contribution in [-0.2, 0) is 16.0 Å². The molecule has 7 nitrogen and oxygen atoms in total. The highest BCUT2D eigenvalue weighted by atomic mass is 16.2. The van der Waals surface area contributed by atoms with Crippen molar-refractivity contribution in [2.75, 3.05) is 13.1 Å². The van der Waals surface area contributed by atoms with Crippen LogP contribution in [0, 0.1) is 0 Å². The van der Waals surface area contributed by atoms with Crippen LogP contribution in [0.2, 0.25) is 0 Å². The minimum atomic E-state index is -0.169. The van der Waals surface area contributed by atoms with Crippen LogP contribution in [0.3, 0.4) is 0 Å². The second kappa shape index (κ2) is 8.75. The Hall–Kier alpha value is -3.48. The van der Waals surface area contributed by atoms with Crippen LogP contribution in [0.15, 0.2) is 60.7 Å². The Labute approximate surface area is 157 Å². The Balaban J connectivity index is 1.82. The normalized spacial score (nSPS) is 10.4. The molecule has 7 heteroatoms. The average Bonchev–Trinajstić information content (AvgIpc) is 3.10. The zero-order valence-electron chi connectivity index (χ0n) is 15.1. The van der Waals surface area contributed by atoms with Crippen molar-refractivity contribution >= 4 is 11.8 Å². The maximum atomic E-state index is 12.3. The largest absolute Gasteiger partial charge is 0.355 e. The maximum Gasteiger partial charge on any atom is 0.226 e. The Morgan fingerprint density at radius 1 is 0.926 bits per heavy atom. The molecule has 138 valence electrons. The first-order valence-corrected chi connectivity index (χ1v) is 8.71. The van der Waals surface area contributed by atoms with E-state index in [2.05, 4.69) is 20.9 Å². The molecule has 0 bridgehead atoms. The minimum Gasteiger partial charge on any atom is -0.355 e. The van der Waals surface area contributed by atoms with Gasteiger partial charge in [0.1, 0.15) is 5.69 Å². The van der Waals surface area contributed by atoms with Crippen LogP contribution in [0.4, 0.5) is 0 Å². The number of amides is 2. The fraction of sp³-hybridized carbons (Fsp3) is 0.200. The molecule has 0 saturated carbocycles. The number of hydrogen-bond donors (Lipinski definition) is 2. The molecule has 2 amide bonds. The van der Waals surface area contributed by atoms with Gasteiger partial charge in [-0.2, -0.15) is 0 Å². The van der Waals surface area contributed by atoms with Crippen LogP contribution in [0.5, 0.6) is 0 Å². The Morgan fingerprint density at radius 3 is 2.22 bits per heavy atom. The number of nitrogens with one attached hydrogen (secondary N) is 2. The molecule has 2 aromatic carbocycles. The standard InChI is InChI=1S/C20H21N5O2/c1-15(26)21-12-13-22-19(27)14-18-20(16-8-4-2-5-9-16)25(24-23-18)17-10-6-3-7-11-17/h2-11H,12-14H2,1H3,(H,21,26)(H,22,27). The molecule has 27 heavy (non-hydrogen) atoms. The monoisotopic (exact) mass is 363 g/mol. The van der Waals surface area contributed by atoms with Crippen molar-refractivity contribution in [3.63, 3.8) is 0 Å². The quantitative estimate of drug-likeness (QED) is 0.626. The maximum absolute atomic E-state index is 12.3. The smallest absolute Gasteiger partial charge is 0.226 e. The van der Waals surface area contributed by atoms with Crippen molar-refractivity contribution in [1.82, 2.24) is 25.6 Å². The van der Waals surface area contributed by atoms with Crippen molar-refractivity contribution in [3.8, 4) is 16.9 Å². The van der Waals surface area contributed by atoms with Crippen LogP contribution in [0.1, 0.15) is 12.6 Å². The van der Waals surface area contributed by atoms with E-state index in [1.54, 1.807) is 4.68 Å². The van der Waals surface area contributed by atoms with E-state index in [1.807, 2.05) is 60.7 Å². The van der Waals surface area contributed by atoms with Crippen LogP contribution in [0.25, 0.3) is 16.9 Å².